The lowest BCUT2D eigenvalue weighted by molar-refractivity contribution is 0.0764. The summed E-state index contributed by atoms with van der Waals surface area (Å²) in [5, 5.41) is 23.6. The van der Waals surface area contributed by atoms with Crippen LogP contribution >= 0.6 is 0 Å². The van der Waals surface area contributed by atoms with Gasteiger partial charge in [0, 0.05) is 37.1 Å². The number of aromatic hydroxyl groups is 1. The molecule has 0 radical (unpaired) electrons. The Morgan fingerprint density at radius 1 is 1.35 bits per heavy atom. The summed E-state index contributed by atoms with van der Waals surface area (Å²) in [7, 11) is 0. The number of hydrogen-bond donors (Lipinski definition) is 2. The Kier molecular flexibility index (Phi) is 4.09. The highest BCUT2D eigenvalue weighted by Gasteiger charge is 2.35. The molecule has 1 amide bonds. The Hall–Kier alpha value is -2.34. The third kappa shape index (κ3) is 3.22. The van der Waals surface area contributed by atoms with Crippen LogP contribution in [-0.4, -0.2) is 45.4 Å². The summed E-state index contributed by atoms with van der Waals surface area (Å²) in [6.07, 6.45) is -0.0250. The molecule has 0 unspecified atom stereocenters. The van der Waals surface area contributed by atoms with Gasteiger partial charge in [-0.3, -0.25) is 4.79 Å². The van der Waals surface area contributed by atoms with E-state index in [1.54, 1.807) is 24.0 Å². The highest BCUT2D eigenvalue weighted by molar-refractivity contribution is 5.94. The van der Waals surface area contributed by atoms with Crippen molar-refractivity contribution in [3.63, 3.8) is 0 Å². The molecule has 2 atom stereocenters. The monoisotopic (exact) mass is 316 g/mol. The Labute approximate surface area is 134 Å². The van der Waals surface area contributed by atoms with Crippen molar-refractivity contribution in [3.8, 4) is 5.75 Å². The summed E-state index contributed by atoms with van der Waals surface area (Å²) < 4.78 is 5.19. The molecule has 1 aliphatic heterocycles. The number of aliphatic hydroxyl groups excluding tert-OH is 1. The van der Waals surface area contributed by atoms with Crippen LogP contribution in [0.25, 0.3) is 0 Å². The number of benzene rings is 1. The molecule has 1 saturated heterocycles. The zero-order valence-electron chi connectivity index (χ0n) is 13.2. The Balaban J connectivity index is 1.69. The molecule has 6 nitrogen and oxygen atoms in total. The fourth-order valence-electron chi connectivity index (χ4n) is 2.96. The van der Waals surface area contributed by atoms with E-state index in [4.69, 9.17) is 4.52 Å². The van der Waals surface area contributed by atoms with Crippen LogP contribution in [0.4, 0.5) is 0 Å². The van der Waals surface area contributed by atoms with Gasteiger partial charge in [-0.2, -0.15) is 0 Å². The van der Waals surface area contributed by atoms with Crippen LogP contribution in [0.15, 0.2) is 28.8 Å². The number of amides is 1. The number of hydrogen-bond acceptors (Lipinski definition) is 5. The fourth-order valence-corrected chi connectivity index (χ4v) is 2.96. The Morgan fingerprint density at radius 2 is 2.13 bits per heavy atom. The van der Waals surface area contributed by atoms with Gasteiger partial charge >= 0.3 is 0 Å². The zero-order valence-corrected chi connectivity index (χ0v) is 13.2. The van der Waals surface area contributed by atoms with Gasteiger partial charge in [0.1, 0.15) is 11.5 Å². The van der Waals surface area contributed by atoms with Gasteiger partial charge in [0.05, 0.1) is 11.8 Å². The van der Waals surface area contributed by atoms with Gasteiger partial charge in [-0.05, 0) is 37.6 Å². The van der Waals surface area contributed by atoms with Crippen molar-refractivity contribution >= 4 is 5.91 Å². The minimum atomic E-state index is -0.581. The minimum Gasteiger partial charge on any atom is -0.508 e. The third-order valence-electron chi connectivity index (χ3n) is 4.28. The standard InChI is InChI=1S/C17H20N2O4/c1-10-5-12(3-4-15(10)20)17(22)19-8-13(16(21)9-19)7-14-6-11(2)18-23-14/h3-6,13,16,20-21H,7-9H2,1-2H3/t13-,16+/m1/s1. The van der Waals surface area contributed by atoms with Gasteiger partial charge in [0.25, 0.3) is 5.91 Å². The van der Waals surface area contributed by atoms with Crippen LogP contribution in [0, 0.1) is 19.8 Å². The molecule has 1 aromatic heterocycles. The van der Waals surface area contributed by atoms with Crippen molar-refractivity contribution in [2.75, 3.05) is 13.1 Å². The molecule has 0 saturated carbocycles. The number of phenolic OH excluding ortho intramolecular Hbond substituents is 1. The maximum absolute atomic E-state index is 12.6. The zero-order chi connectivity index (χ0) is 16.6. The molecule has 0 bridgehead atoms. The van der Waals surface area contributed by atoms with E-state index in [0.717, 1.165) is 11.5 Å². The maximum Gasteiger partial charge on any atom is 0.253 e. The molecule has 3 rings (SSSR count). The highest BCUT2D eigenvalue weighted by atomic mass is 16.5. The first-order valence-corrected chi connectivity index (χ1v) is 7.63. The van der Waals surface area contributed by atoms with Gasteiger partial charge < -0.3 is 19.6 Å². The predicted octanol–water partition coefficient (Wildman–Crippen LogP) is 1.67. The van der Waals surface area contributed by atoms with Crippen LogP contribution in [0.3, 0.4) is 0 Å². The summed E-state index contributed by atoms with van der Waals surface area (Å²) in [6.45, 7) is 4.37. The molecule has 1 fully saturated rings. The highest BCUT2D eigenvalue weighted by Crippen LogP contribution is 2.25. The number of likely N-dealkylation sites (tertiary alicyclic amines) is 1. The lowest BCUT2D eigenvalue weighted by atomic mass is 10.0. The lowest BCUT2D eigenvalue weighted by Gasteiger charge is -2.16. The predicted molar refractivity (Wildman–Crippen MR) is 83.2 cm³/mol. The van der Waals surface area contributed by atoms with Crippen LogP contribution in [-0.2, 0) is 6.42 Å². The molecule has 0 spiro atoms. The van der Waals surface area contributed by atoms with E-state index in [-0.39, 0.29) is 17.6 Å². The summed E-state index contributed by atoms with van der Waals surface area (Å²) >= 11 is 0. The van der Waals surface area contributed by atoms with E-state index in [1.165, 1.54) is 6.07 Å². The van der Waals surface area contributed by atoms with Gasteiger partial charge in [0.2, 0.25) is 0 Å². The summed E-state index contributed by atoms with van der Waals surface area (Å²) in [4.78, 5) is 14.2. The number of aliphatic hydroxyl groups is 1. The van der Waals surface area contributed by atoms with Crippen LogP contribution in [0.1, 0.15) is 27.4 Å². The second kappa shape index (κ2) is 6.04. The number of nitrogens with zero attached hydrogens (tertiary/aromatic N) is 2. The SMILES string of the molecule is Cc1cc(C[C@@H]2CN(C(=O)c3ccc(O)c(C)c3)C[C@@H]2O)on1. The van der Waals surface area contributed by atoms with Crippen molar-refractivity contribution in [2.45, 2.75) is 26.4 Å². The molecule has 23 heavy (non-hydrogen) atoms. The second-order valence-corrected chi connectivity index (χ2v) is 6.18. The van der Waals surface area contributed by atoms with Crippen LogP contribution in [0.5, 0.6) is 5.75 Å². The third-order valence-corrected chi connectivity index (χ3v) is 4.28. The first kappa shape index (κ1) is 15.6. The normalized spacial score (nSPS) is 20.9. The molecule has 2 heterocycles. The Morgan fingerprint density at radius 3 is 2.78 bits per heavy atom. The second-order valence-electron chi connectivity index (χ2n) is 6.18. The average Bonchev–Trinajstić information content (AvgIpc) is 3.08. The molecule has 0 aliphatic carbocycles. The van der Waals surface area contributed by atoms with Crippen molar-refractivity contribution in [1.29, 1.82) is 0 Å². The van der Waals surface area contributed by atoms with E-state index in [0.29, 0.717) is 30.6 Å². The summed E-state index contributed by atoms with van der Waals surface area (Å²) in [5.74, 6) is 0.691. The number of carbonyl (C=O) groups excluding carboxylic acids is 1. The first-order valence-electron chi connectivity index (χ1n) is 7.63. The molecule has 1 aromatic carbocycles. The molecule has 6 heteroatoms. The molecular formula is C17H20N2O4. The van der Waals surface area contributed by atoms with Gasteiger partial charge in [-0.1, -0.05) is 5.16 Å². The molecule has 122 valence electrons. The smallest absolute Gasteiger partial charge is 0.253 e. The van der Waals surface area contributed by atoms with Crippen molar-refractivity contribution in [3.05, 3.63) is 46.8 Å². The summed E-state index contributed by atoms with van der Waals surface area (Å²) in [6, 6.07) is 6.63. The van der Waals surface area contributed by atoms with E-state index < -0.39 is 6.10 Å². The lowest BCUT2D eigenvalue weighted by Crippen LogP contribution is -2.29. The molecule has 2 aromatic rings. The average molecular weight is 316 g/mol. The number of aryl methyl sites for hydroxylation is 2. The number of carbonyl (C=O) groups is 1. The molecule has 1 aliphatic rings. The van der Waals surface area contributed by atoms with E-state index in [2.05, 4.69) is 5.16 Å². The fraction of sp³-hybridized carbons (Fsp3) is 0.412. The topological polar surface area (TPSA) is 86.8 Å². The summed E-state index contributed by atoms with van der Waals surface area (Å²) in [5.41, 5.74) is 1.98. The maximum atomic E-state index is 12.6. The van der Waals surface area contributed by atoms with Crippen molar-refractivity contribution in [1.82, 2.24) is 10.1 Å². The molecular weight excluding hydrogens is 296 g/mol. The van der Waals surface area contributed by atoms with Gasteiger partial charge in [0.15, 0.2) is 0 Å². The quantitative estimate of drug-likeness (QED) is 0.899. The van der Waals surface area contributed by atoms with E-state index >= 15 is 0 Å². The molecule has 2 N–H and O–H groups in total. The largest absolute Gasteiger partial charge is 0.508 e. The minimum absolute atomic E-state index is 0.0653. The van der Waals surface area contributed by atoms with E-state index in [1.807, 2.05) is 13.0 Å². The van der Waals surface area contributed by atoms with Crippen LogP contribution in [0.2, 0.25) is 0 Å². The van der Waals surface area contributed by atoms with E-state index in [9.17, 15) is 15.0 Å². The van der Waals surface area contributed by atoms with Gasteiger partial charge in [-0.25, -0.2) is 0 Å². The number of rotatable bonds is 3. The Bertz CT molecular complexity index is 725. The van der Waals surface area contributed by atoms with Crippen molar-refractivity contribution in [2.24, 2.45) is 5.92 Å². The van der Waals surface area contributed by atoms with Gasteiger partial charge in [-0.15, -0.1) is 0 Å². The number of phenols is 1. The number of aromatic nitrogens is 1. The van der Waals surface area contributed by atoms with Crippen molar-refractivity contribution < 1.29 is 19.5 Å². The number of β-amino-alcohol motifs (C(OH)–C–C–N with tert-alkyl or cyclic N) is 1. The first-order chi connectivity index (χ1) is 10.9. The van der Waals surface area contributed by atoms with Crippen LogP contribution < -0.4 is 0 Å².